The first kappa shape index (κ1) is 18.4. The number of non-ortho nitro benzene ring substituents is 1. The molecular formula is C18H11Cl2N3O5. The highest BCUT2D eigenvalue weighted by atomic mass is 35.5. The molecule has 4 rings (SSSR count). The number of oxime groups is 1. The second kappa shape index (κ2) is 6.57. The minimum atomic E-state index is -1.11. The Morgan fingerprint density at radius 2 is 1.89 bits per heavy atom. The van der Waals surface area contributed by atoms with Crippen molar-refractivity contribution < 1.29 is 19.3 Å². The van der Waals surface area contributed by atoms with Gasteiger partial charge in [0.05, 0.1) is 15.6 Å². The minimum absolute atomic E-state index is 0.132. The molecule has 142 valence electrons. The van der Waals surface area contributed by atoms with E-state index in [9.17, 15) is 19.7 Å². The van der Waals surface area contributed by atoms with Crippen molar-refractivity contribution in [3.63, 3.8) is 0 Å². The molecule has 2 atom stereocenters. The number of carbonyl (C=O) groups excluding carboxylic acids is 2. The Hall–Kier alpha value is -2.97. The highest BCUT2D eigenvalue weighted by molar-refractivity contribution is 6.39. The second-order valence-electron chi connectivity index (χ2n) is 6.34. The van der Waals surface area contributed by atoms with Gasteiger partial charge < -0.3 is 4.84 Å². The topological polar surface area (TPSA) is 102 Å². The Labute approximate surface area is 168 Å². The van der Waals surface area contributed by atoms with E-state index in [0.29, 0.717) is 16.1 Å². The molecule has 2 unspecified atom stereocenters. The van der Waals surface area contributed by atoms with E-state index in [1.165, 1.54) is 24.3 Å². The van der Waals surface area contributed by atoms with Gasteiger partial charge >= 0.3 is 0 Å². The lowest BCUT2D eigenvalue weighted by molar-refractivity contribution is -0.384. The van der Waals surface area contributed by atoms with E-state index in [2.05, 4.69) is 5.16 Å². The third-order valence-electron chi connectivity index (χ3n) is 4.65. The van der Waals surface area contributed by atoms with Gasteiger partial charge in [0.1, 0.15) is 11.6 Å². The lowest BCUT2D eigenvalue weighted by Crippen LogP contribution is -2.33. The van der Waals surface area contributed by atoms with Gasteiger partial charge in [-0.05, 0) is 30.7 Å². The number of halogens is 2. The van der Waals surface area contributed by atoms with E-state index in [4.69, 9.17) is 28.0 Å². The fraction of sp³-hybridized carbons (Fsp3) is 0.167. The molecule has 2 aliphatic heterocycles. The fourth-order valence-electron chi connectivity index (χ4n) is 3.34. The number of anilines is 1. The number of fused-ring (bicyclic) bond motifs is 1. The highest BCUT2D eigenvalue weighted by Gasteiger charge is 2.56. The van der Waals surface area contributed by atoms with Crippen LogP contribution in [-0.2, 0) is 14.4 Å². The number of nitro groups is 1. The number of rotatable bonds is 3. The lowest BCUT2D eigenvalue weighted by Gasteiger charge is -2.17. The van der Waals surface area contributed by atoms with E-state index >= 15 is 0 Å². The van der Waals surface area contributed by atoms with Crippen LogP contribution in [0.3, 0.4) is 0 Å². The van der Waals surface area contributed by atoms with Gasteiger partial charge in [0, 0.05) is 22.7 Å². The average Bonchev–Trinajstić information content (AvgIpc) is 3.16. The average molecular weight is 420 g/mol. The van der Waals surface area contributed by atoms with Crippen LogP contribution in [0.2, 0.25) is 10.0 Å². The molecule has 0 saturated carbocycles. The van der Waals surface area contributed by atoms with Crippen molar-refractivity contribution >= 4 is 52.1 Å². The number of nitro benzene ring substituents is 1. The number of hydrogen-bond acceptors (Lipinski definition) is 6. The van der Waals surface area contributed by atoms with E-state index in [1.807, 2.05) is 0 Å². The maximum absolute atomic E-state index is 13.1. The van der Waals surface area contributed by atoms with Gasteiger partial charge in [0.25, 0.3) is 11.6 Å². The molecular weight excluding hydrogens is 409 g/mol. The highest BCUT2D eigenvalue weighted by Crippen LogP contribution is 2.38. The molecule has 1 fully saturated rings. The minimum Gasteiger partial charge on any atom is -0.381 e. The van der Waals surface area contributed by atoms with Crippen molar-refractivity contribution in [3.05, 3.63) is 67.7 Å². The number of carbonyl (C=O) groups is 2. The molecule has 10 heteroatoms. The predicted molar refractivity (Wildman–Crippen MR) is 102 cm³/mol. The van der Waals surface area contributed by atoms with Gasteiger partial charge in [-0.1, -0.05) is 34.4 Å². The molecule has 2 aromatic rings. The van der Waals surface area contributed by atoms with E-state index in [0.717, 1.165) is 4.90 Å². The third-order valence-corrected chi connectivity index (χ3v) is 5.20. The first-order valence-electron chi connectivity index (χ1n) is 8.11. The second-order valence-corrected chi connectivity index (χ2v) is 7.19. The Bertz CT molecular complexity index is 1080. The van der Waals surface area contributed by atoms with Crippen LogP contribution in [0.1, 0.15) is 11.1 Å². The number of aryl methyl sites for hydroxylation is 1. The van der Waals surface area contributed by atoms with Crippen molar-refractivity contribution in [2.24, 2.45) is 11.1 Å². The summed E-state index contributed by atoms with van der Waals surface area (Å²) in [4.78, 5) is 42.5. The Morgan fingerprint density at radius 3 is 2.54 bits per heavy atom. The summed E-state index contributed by atoms with van der Waals surface area (Å²) >= 11 is 12.1. The fourth-order valence-corrected chi connectivity index (χ4v) is 3.84. The van der Waals surface area contributed by atoms with Crippen molar-refractivity contribution in [1.29, 1.82) is 0 Å². The molecule has 0 radical (unpaired) electrons. The molecule has 2 aromatic carbocycles. The first-order valence-corrected chi connectivity index (χ1v) is 8.87. The maximum atomic E-state index is 13.1. The van der Waals surface area contributed by atoms with Crippen molar-refractivity contribution in [3.8, 4) is 0 Å². The molecule has 0 bridgehead atoms. The molecule has 2 aliphatic rings. The molecule has 0 N–H and O–H groups in total. The van der Waals surface area contributed by atoms with Crippen molar-refractivity contribution in [1.82, 2.24) is 0 Å². The summed E-state index contributed by atoms with van der Waals surface area (Å²) in [5.74, 6) is -2.08. The van der Waals surface area contributed by atoms with Gasteiger partial charge in [0.2, 0.25) is 12.0 Å². The molecule has 0 spiro atoms. The smallest absolute Gasteiger partial charge is 0.278 e. The summed E-state index contributed by atoms with van der Waals surface area (Å²) in [6, 6.07) is 8.62. The number of nitrogens with zero attached hydrogens (tertiary/aromatic N) is 3. The van der Waals surface area contributed by atoms with Gasteiger partial charge in [-0.3, -0.25) is 19.7 Å². The number of hydrogen-bond donors (Lipinski definition) is 0. The molecule has 1 saturated heterocycles. The summed E-state index contributed by atoms with van der Waals surface area (Å²) in [5, 5.41) is 15.5. The van der Waals surface area contributed by atoms with Crippen molar-refractivity contribution in [2.45, 2.75) is 13.0 Å². The Balaban J connectivity index is 1.72. The molecule has 0 aromatic heterocycles. The van der Waals surface area contributed by atoms with Crippen LogP contribution in [0.4, 0.5) is 11.4 Å². The first-order chi connectivity index (χ1) is 13.3. The SMILES string of the molecule is Cc1cc([N+](=O)[O-])ccc1N1C(=O)C2ON=C(c3ccc(Cl)cc3Cl)C2C1=O. The standard InChI is InChI=1S/C18H11Cl2N3O5/c1-8-6-10(23(26)27)3-5-13(8)22-17(24)14-15(21-28-16(14)18(22)25)11-4-2-9(19)7-12(11)20/h2-7,14,16H,1H3. The van der Waals surface area contributed by atoms with E-state index in [-0.39, 0.29) is 22.1 Å². The van der Waals surface area contributed by atoms with Crippen LogP contribution in [0.5, 0.6) is 0 Å². The monoisotopic (exact) mass is 419 g/mol. The zero-order valence-electron chi connectivity index (χ0n) is 14.3. The summed E-state index contributed by atoms with van der Waals surface area (Å²) < 4.78 is 0. The van der Waals surface area contributed by atoms with Crippen LogP contribution >= 0.6 is 23.2 Å². The van der Waals surface area contributed by atoms with Crippen molar-refractivity contribution in [2.75, 3.05) is 4.90 Å². The quantitative estimate of drug-likeness (QED) is 0.430. The summed E-state index contributed by atoms with van der Waals surface area (Å²) in [5.41, 5.74) is 1.24. The Morgan fingerprint density at radius 1 is 1.14 bits per heavy atom. The lowest BCUT2D eigenvalue weighted by atomic mass is 9.94. The molecule has 2 heterocycles. The summed E-state index contributed by atoms with van der Waals surface area (Å²) in [6.07, 6.45) is -1.11. The van der Waals surface area contributed by atoms with Crippen LogP contribution in [0.15, 0.2) is 41.6 Å². The number of imide groups is 1. The van der Waals surface area contributed by atoms with Gasteiger partial charge in [-0.15, -0.1) is 0 Å². The largest absolute Gasteiger partial charge is 0.381 e. The zero-order valence-corrected chi connectivity index (χ0v) is 15.8. The van der Waals surface area contributed by atoms with Crippen LogP contribution < -0.4 is 4.90 Å². The normalized spacial score (nSPS) is 20.8. The Kier molecular flexibility index (Phi) is 4.32. The molecule has 0 aliphatic carbocycles. The third kappa shape index (κ3) is 2.73. The van der Waals surface area contributed by atoms with Gasteiger partial charge in [-0.25, -0.2) is 4.90 Å². The molecule has 2 amide bonds. The summed E-state index contributed by atoms with van der Waals surface area (Å²) in [6.45, 7) is 1.59. The number of amides is 2. The van der Waals surface area contributed by atoms with E-state index in [1.54, 1.807) is 19.1 Å². The predicted octanol–water partition coefficient (Wildman–Crippen LogP) is 3.50. The van der Waals surface area contributed by atoms with Gasteiger partial charge in [-0.2, -0.15) is 0 Å². The number of benzene rings is 2. The van der Waals surface area contributed by atoms with E-state index < -0.39 is 28.8 Å². The summed E-state index contributed by atoms with van der Waals surface area (Å²) in [7, 11) is 0. The van der Waals surface area contributed by atoms with Crippen LogP contribution in [0, 0.1) is 23.0 Å². The van der Waals surface area contributed by atoms with Crippen LogP contribution in [-0.4, -0.2) is 28.6 Å². The maximum Gasteiger partial charge on any atom is 0.278 e. The van der Waals surface area contributed by atoms with Gasteiger partial charge in [0.15, 0.2) is 0 Å². The molecule has 8 nitrogen and oxygen atoms in total. The van der Waals surface area contributed by atoms with Crippen LogP contribution in [0.25, 0.3) is 0 Å². The zero-order chi connectivity index (χ0) is 20.2. The molecule has 28 heavy (non-hydrogen) atoms.